The highest BCUT2D eigenvalue weighted by Crippen LogP contribution is 2.40. The number of nitrogens with zero attached hydrogens (tertiary/aromatic N) is 1. The highest BCUT2D eigenvalue weighted by atomic mass is 16.6. The first kappa shape index (κ1) is 19.9. The summed E-state index contributed by atoms with van der Waals surface area (Å²) < 4.78 is 5.80. The van der Waals surface area contributed by atoms with Crippen LogP contribution in [-0.4, -0.2) is 16.5 Å². The van der Waals surface area contributed by atoms with Crippen molar-refractivity contribution in [3.8, 4) is 0 Å². The molecule has 0 radical (unpaired) electrons. The molecule has 146 valence electrons. The molecule has 3 heteroatoms. The summed E-state index contributed by atoms with van der Waals surface area (Å²) in [5.41, 5.74) is 4.57. The zero-order valence-corrected chi connectivity index (χ0v) is 17.4. The molecule has 1 unspecified atom stereocenters. The van der Waals surface area contributed by atoms with E-state index in [0.717, 1.165) is 29.0 Å². The maximum atomic E-state index is 13.2. The topological polar surface area (TPSA) is 29.5 Å². The third kappa shape index (κ3) is 4.53. The van der Waals surface area contributed by atoms with Crippen molar-refractivity contribution < 1.29 is 9.53 Å². The minimum Gasteiger partial charge on any atom is -0.457 e. The summed E-state index contributed by atoms with van der Waals surface area (Å²) in [4.78, 5) is 15.4. The van der Waals surface area contributed by atoms with E-state index >= 15 is 0 Å². The van der Waals surface area contributed by atoms with Crippen molar-refractivity contribution in [3.05, 3.63) is 94.8 Å². The van der Waals surface area contributed by atoms with Crippen LogP contribution in [0.2, 0.25) is 0 Å². The lowest BCUT2D eigenvalue weighted by Gasteiger charge is -2.35. The average molecular weight is 376 g/mol. The van der Waals surface area contributed by atoms with Crippen molar-refractivity contribution in [1.29, 1.82) is 0 Å². The highest BCUT2D eigenvalue weighted by Gasteiger charge is 2.34. The van der Waals surface area contributed by atoms with E-state index in [2.05, 4.69) is 42.3 Å². The maximum absolute atomic E-state index is 13.2. The monoisotopic (exact) mass is 375 g/mol. The van der Waals surface area contributed by atoms with E-state index in [0.29, 0.717) is 0 Å². The predicted molar refractivity (Wildman–Crippen MR) is 113 cm³/mol. The predicted octanol–water partition coefficient (Wildman–Crippen LogP) is 5.81. The Bertz CT molecular complexity index is 889. The molecule has 1 aliphatic rings. The number of hydrogen-bond acceptors (Lipinski definition) is 3. The molecule has 2 aromatic carbocycles. The van der Waals surface area contributed by atoms with Gasteiger partial charge in [-0.15, -0.1) is 0 Å². The molecule has 0 amide bonds. The average Bonchev–Trinajstić information content (AvgIpc) is 2.64. The SMILES string of the molecule is CC1=CN(Cc2ccccc2)C(C)=C(C(=O)OC(C)(C)C)C1c1ccccc1. The number of carbonyl (C=O) groups is 1. The Kier molecular flexibility index (Phi) is 5.73. The standard InChI is InChI=1S/C25H29NO2/c1-18-16-26(17-20-12-8-6-9-13-20)19(2)23(24(27)28-25(3,4)5)22(18)21-14-10-7-11-15-21/h6-16,22H,17H2,1-5H3. The molecule has 1 heterocycles. The number of allylic oxidation sites excluding steroid dienone is 2. The molecular weight excluding hydrogens is 346 g/mol. The fourth-order valence-electron chi connectivity index (χ4n) is 3.63. The van der Waals surface area contributed by atoms with Gasteiger partial charge in [0.1, 0.15) is 5.60 Å². The first-order chi connectivity index (χ1) is 13.3. The summed E-state index contributed by atoms with van der Waals surface area (Å²) in [7, 11) is 0. The molecule has 0 fully saturated rings. The van der Waals surface area contributed by atoms with Crippen molar-refractivity contribution in [2.45, 2.75) is 52.7 Å². The second-order valence-electron chi connectivity index (χ2n) is 8.33. The van der Waals surface area contributed by atoms with E-state index in [1.165, 1.54) is 5.56 Å². The third-order valence-electron chi connectivity index (χ3n) is 4.87. The first-order valence-corrected chi connectivity index (χ1v) is 9.74. The first-order valence-electron chi connectivity index (χ1n) is 9.74. The lowest BCUT2D eigenvalue weighted by molar-refractivity contribution is -0.150. The van der Waals surface area contributed by atoms with Gasteiger partial charge in [0.25, 0.3) is 0 Å². The Balaban J connectivity index is 2.04. The minimum atomic E-state index is -0.537. The van der Waals surface area contributed by atoms with Gasteiger partial charge in [-0.25, -0.2) is 4.79 Å². The van der Waals surface area contributed by atoms with Gasteiger partial charge in [-0.1, -0.05) is 60.7 Å². The summed E-state index contributed by atoms with van der Waals surface area (Å²) in [6.45, 7) is 10.5. The van der Waals surface area contributed by atoms with E-state index in [1.807, 2.05) is 64.1 Å². The number of hydrogen-bond donors (Lipinski definition) is 0. The van der Waals surface area contributed by atoms with Crippen LogP contribution in [0.1, 0.15) is 51.7 Å². The number of rotatable bonds is 4. The summed E-state index contributed by atoms with van der Waals surface area (Å²) in [5.74, 6) is -0.340. The van der Waals surface area contributed by atoms with Gasteiger partial charge >= 0.3 is 5.97 Å². The summed E-state index contributed by atoms with van der Waals surface area (Å²) in [6.07, 6.45) is 2.16. The van der Waals surface area contributed by atoms with E-state index in [9.17, 15) is 4.79 Å². The minimum absolute atomic E-state index is 0.0944. The largest absolute Gasteiger partial charge is 0.457 e. The second kappa shape index (κ2) is 8.05. The van der Waals surface area contributed by atoms with Crippen LogP contribution in [-0.2, 0) is 16.1 Å². The Labute approximate surface area is 168 Å². The lowest BCUT2D eigenvalue weighted by Crippen LogP contribution is -2.32. The molecule has 3 nitrogen and oxygen atoms in total. The van der Waals surface area contributed by atoms with Crippen LogP contribution in [0.25, 0.3) is 0 Å². The molecule has 0 aliphatic carbocycles. The zero-order valence-electron chi connectivity index (χ0n) is 17.4. The van der Waals surface area contributed by atoms with E-state index in [4.69, 9.17) is 4.74 Å². The molecule has 0 aromatic heterocycles. The Morgan fingerprint density at radius 1 is 0.964 bits per heavy atom. The number of benzene rings is 2. The summed E-state index contributed by atoms with van der Waals surface area (Å²) in [6, 6.07) is 20.5. The summed E-state index contributed by atoms with van der Waals surface area (Å²) >= 11 is 0. The van der Waals surface area contributed by atoms with Crippen molar-refractivity contribution in [1.82, 2.24) is 4.90 Å². The van der Waals surface area contributed by atoms with E-state index in [1.54, 1.807) is 0 Å². The smallest absolute Gasteiger partial charge is 0.337 e. The van der Waals surface area contributed by atoms with Gasteiger partial charge in [-0.3, -0.25) is 0 Å². The quantitative estimate of drug-likeness (QED) is 0.632. The molecule has 2 aromatic rings. The molecule has 0 saturated carbocycles. The Morgan fingerprint density at radius 2 is 1.54 bits per heavy atom. The van der Waals surface area contributed by atoms with Crippen LogP contribution in [0, 0.1) is 0 Å². The van der Waals surface area contributed by atoms with Crippen LogP contribution < -0.4 is 0 Å². The van der Waals surface area contributed by atoms with Crippen LogP contribution in [0.5, 0.6) is 0 Å². The van der Waals surface area contributed by atoms with Gasteiger partial charge in [0.05, 0.1) is 5.57 Å². The molecule has 3 rings (SSSR count). The molecule has 28 heavy (non-hydrogen) atoms. The fourth-order valence-corrected chi connectivity index (χ4v) is 3.63. The molecule has 0 saturated heterocycles. The van der Waals surface area contributed by atoms with Crippen LogP contribution in [0.3, 0.4) is 0 Å². The van der Waals surface area contributed by atoms with Gasteiger partial charge in [0.15, 0.2) is 0 Å². The zero-order chi connectivity index (χ0) is 20.3. The molecule has 0 N–H and O–H groups in total. The fraction of sp³-hybridized carbons (Fsp3) is 0.320. The van der Waals surface area contributed by atoms with Crippen LogP contribution >= 0.6 is 0 Å². The van der Waals surface area contributed by atoms with Gasteiger partial charge in [-0.05, 0) is 51.3 Å². The molecular formula is C25H29NO2. The number of ether oxygens (including phenoxy) is 1. The second-order valence-corrected chi connectivity index (χ2v) is 8.33. The van der Waals surface area contributed by atoms with E-state index in [-0.39, 0.29) is 11.9 Å². The van der Waals surface area contributed by atoms with Crippen molar-refractivity contribution in [2.24, 2.45) is 0 Å². The van der Waals surface area contributed by atoms with Gasteiger partial charge in [0.2, 0.25) is 0 Å². The van der Waals surface area contributed by atoms with Crippen LogP contribution in [0.4, 0.5) is 0 Å². The van der Waals surface area contributed by atoms with E-state index < -0.39 is 5.60 Å². The van der Waals surface area contributed by atoms with Crippen molar-refractivity contribution in [2.75, 3.05) is 0 Å². The lowest BCUT2D eigenvalue weighted by atomic mass is 9.82. The van der Waals surface area contributed by atoms with Crippen LogP contribution in [0.15, 0.2) is 83.7 Å². The molecule has 1 atom stereocenters. The highest BCUT2D eigenvalue weighted by molar-refractivity contribution is 5.92. The van der Waals surface area contributed by atoms with Crippen molar-refractivity contribution in [3.63, 3.8) is 0 Å². The van der Waals surface area contributed by atoms with Gasteiger partial charge in [-0.2, -0.15) is 0 Å². The maximum Gasteiger partial charge on any atom is 0.337 e. The molecule has 0 bridgehead atoms. The third-order valence-corrected chi connectivity index (χ3v) is 4.87. The van der Waals surface area contributed by atoms with Gasteiger partial charge in [0, 0.05) is 24.4 Å². The number of esters is 1. The molecule has 1 aliphatic heterocycles. The Morgan fingerprint density at radius 3 is 2.11 bits per heavy atom. The Hall–Kier alpha value is -2.81. The van der Waals surface area contributed by atoms with Gasteiger partial charge < -0.3 is 9.64 Å². The normalized spacial score (nSPS) is 17.4. The number of carbonyl (C=O) groups excluding carboxylic acids is 1. The van der Waals surface area contributed by atoms with Crippen molar-refractivity contribution >= 4 is 5.97 Å². The summed E-state index contributed by atoms with van der Waals surface area (Å²) in [5, 5.41) is 0. The molecule has 0 spiro atoms.